The van der Waals surface area contributed by atoms with E-state index in [0.29, 0.717) is 29.0 Å². The summed E-state index contributed by atoms with van der Waals surface area (Å²) in [4.78, 5) is 12.5. The van der Waals surface area contributed by atoms with Crippen LogP contribution < -0.4 is 15.4 Å². The maximum Gasteiger partial charge on any atom is 0.257 e. The number of aromatic hydroxyl groups is 1. The van der Waals surface area contributed by atoms with Crippen LogP contribution in [0.3, 0.4) is 0 Å². The first-order valence-corrected chi connectivity index (χ1v) is 9.55. The van der Waals surface area contributed by atoms with Crippen molar-refractivity contribution in [3.63, 3.8) is 0 Å². The fourth-order valence-electron chi connectivity index (χ4n) is 2.79. The molecule has 0 bridgehead atoms. The Balaban J connectivity index is 1.68. The van der Waals surface area contributed by atoms with Gasteiger partial charge in [0.25, 0.3) is 5.91 Å². The summed E-state index contributed by atoms with van der Waals surface area (Å²) in [5.74, 6) is 0.530. The number of hydrogen-bond donors (Lipinski definition) is 3. The van der Waals surface area contributed by atoms with E-state index < -0.39 is 0 Å². The Morgan fingerprint density at radius 1 is 1.07 bits per heavy atom. The van der Waals surface area contributed by atoms with Gasteiger partial charge in [0, 0.05) is 22.0 Å². The summed E-state index contributed by atoms with van der Waals surface area (Å²) in [6.07, 6.45) is 2.01. The van der Waals surface area contributed by atoms with Gasteiger partial charge in [-0.3, -0.25) is 10.1 Å². The number of carbonyl (C=O) groups is 1. The number of rotatable bonds is 6. The summed E-state index contributed by atoms with van der Waals surface area (Å²) in [5.41, 5.74) is 1.17. The molecule has 0 aliphatic carbocycles. The van der Waals surface area contributed by atoms with E-state index in [1.807, 2.05) is 30.3 Å². The minimum atomic E-state index is -0.318. The van der Waals surface area contributed by atoms with Crippen molar-refractivity contribution < 1.29 is 14.6 Å². The van der Waals surface area contributed by atoms with Gasteiger partial charge in [-0.15, -0.1) is 0 Å². The smallest absolute Gasteiger partial charge is 0.257 e. The minimum Gasteiger partial charge on any atom is -0.507 e. The van der Waals surface area contributed by atoms with Gasteiger partial charge in [-0.25, -0.2) is 0 Å². The molecule has 0 radical (unpaired) electrons. The van der Waals surface area contributed by atoms with Crippen LogP contribution >= 0.6 is 12.2 Å². The summed E-state index contributed by atoms with van der Waals surface area (Å²) in [7, 11) is 0. The van der Waals surface area contributed by atoms with Crippen molar-refractivity contribution in [3.05, 3.63) is 66.2 Å². The van der Waals surface area contributed by atoms with Crippen molar-refractivity contribution in [1.82, 2.24) is 5.32 Å². The van der Waals surface area contributed by atoms with E-state index >= 15 is 0 Å². The molecule has 1 amide bonds. The van der Waals surface area contributed by atoms with Crippen LogP contribution in [-0.2, 0) is 0 Å². The molecule has 3 N–H and O–H groups in total. The Kier molecular flexibility index (Phi) is 6.45. The lowest BCUT2D eigenvalue weighted by molar-refractivity contribution is 0.0977. The predicted octanol–water partition coefficient (Wildman–Crippen LogP) is 4.85. The Bertz CT molecular complexity index is 1000. The van der Waals surface area contributed by atoms with E-state index in [1.54, 1.807) is 30.3 Å². The lowest BCUT2D eigenvalue weighted by Crippen LogP contribution is -2.34. The van der Waals surface area contributed by atoms with Crippen LogP contribution in [0.2, 0.25) is 0 Å². The van der Waals surface area contributed by atoms with E-state index in [9.17, 15) is 9.90 Å². The summed E-state index contributed by atoms with van der Waals surface area (Å²) >= 11 is 5.29. The maximum atomic E-state index is 12.5. The molecule has 0 saturated carbocycles. The Morgan fingerprint density at radius 2 is 1.82 bits per heavy atom. The highest BCUT2D eigenvalue weighted by molar-refractivity contribution is 7.80. The summed E-state index contributed by atoms with van der Waals surface area (Å²) < 4.78 is 5.65. The zero-order valence-corrected chi connectivity index (χ0v) is 16.4. The van der Waals surface area contributed by atoms with Crippen LogP contribution in [0.15, 0.2) is 60.7 Å². The summed E-state index contributed by atoms with van der Waals surface area (Å²) in [6, 6.07) is 17.7. The van der Waals surface area contributed by atoms with Gasteiger partial charge in [0.2, 0.25) is 0 Å². The molecule has 3 rings (SSSR count). The number of anilines is 1. The summed E-state index contributed by atoms with van der Waals surface area (Å²) in [5, 5.41) is 17.4. The SMILES string of the molecule is CCCCOc1cccc(C(=O)NC(=S)Nc2cccc3c(O)cccc23)c1. The molecule has 0 spiro atoms. The third-order valence-corrected chi connectivity index (χ3v) is 4.44. The number of unbranched alkanes of at least 4 members (excludes halogenated alkanes) is 1. The average molecular weight is 394 g/mol. The second-order valence-corrected chi connectivity index (χ2v) is 6.72. The third-order valence-electron chi connectivity index (χ3n) is 4.24. The molecule has 0 fully saturated rings. The number of amides is 1. The minimum absolute atomic E-state index is 0.179. The lowest BCUT2D eigenvalue weighted by Gasteiger charge is -2.13. The highest BCUT2D eigenvalue weighted by atomic mass is 32.1. The molecule has 0 saturated heterocycles. The van der Waals surface area contributed by atoms with E-state index in [4.69, 9.17) is 17.0 Å². The molecule has 6 heteroatoms. The first-order chi connectivity index (χ1) is 13.6. The maximum absolute atomic E-state index is 12.5. The highest BCUT2D eigenvalue weighted by Gasteiger charge is 2.11. The van der Waals surface area contributed by atoms with Crippen LogP contribution in [0.4, 0.5) is 5.69 Å². The molecule has 0 unspecified atom stereocenters. The van der Waals surface area contributed by atoms with Crippen LogP contribution in [0.5, 0.6) is 11.5 Å². The van der Waals surface area contributed by atoms with Gasteiger partial charge in [-0.2, -0.15) is 0 Å². The van der Waals surface area contributed by atoms with Gasteiger partial charge in [0.15, 0.2) is 5.11 Å². The number of hydrogen-bond acceptors (Lipinski definition) is 4. The Morgan fingerprint density at radius 3 is 2.64 bits per heavy atom. The quantitative estimate of drug-likeness (QED) is 0.412. The highest BCUT2D eigenvalue weighted by Crippen LogP contribution is 2.29. The Hall–Kier alpha value is -3.12. The molecule has 0 heterocycles. The molecular weight excluding hydrogens is 372 g/mol. The average Bonchev–Trinajstić information content (AvgIpc) is 2.69. The predicted molar refractivity (Wildman–Crippen MR) is 116 cm³/mol. The molecule has 0 aromatic heterocycles. The molecule has 5 nitrogen and oxygen atoms in total. The van der Waals surface area contributed by atoms with Gasteiger partial charge in [-0.05, 0) is 49.0 Å². The molecule has 28 heavy (non-hydrogen) atoms. The molecular formula is C22H22N2O3S. The van der Waals surface area contributed by atoms with E-state index in [1.165, 1.54) is 0 Å². The summed E-state index contributed by atoms with van der Waals surface area (Å²) in [6.45, 7) is 2.72. The van der Waals surface area contributed by atoms with E-state index in [-0.39, 0.29) is 16.8 Å². The van der Waals surface area contributed by atoms with E-state index in [0.717, 1.165) is 18.2 Å². The molecule has 0 aliphatic heterocycles. The van der Waals surface area contributed by atoms with Crippen molar-refractivity contribution in [2.45, 2.75) is 19.8 Å². The van der Waals surface area contributed by atoms with Gasteiger partial charge in [-0.1, -0.05) is 43.7 Å². The van der Waals surface area contributed by atoms with Gasteiger partial charge in [0.1, 0.15) is 11.5 Å². The van der Waals surface area contributed by atoms with Gasteiger partial charge < -0.3 is 15.2 Å². The first-order valence-electron chi connectivity index (χ1n) is 9.14. The van der Waals surface area contributed by atoms with Crippen LogP contribution in [0, 0.1) is 0 Å². The molecule has 0 aliphatic rings. The number of phenolic OH excluding ortho intramolecular Hbond substituents is 1. The Labute approximate surface area is 169 Å². The number of fused-ring (bicyclic) bond motifs is 1. The number of phenols is 1. The fraction of sp³-hybridized carbons (Fsp3) is 0.182. The number of benzene rings is 3. The monoisotopic (exact) mass is 394 g/mol. The van der Waals surface area contributed by atoms with Crippen LogP contribution in [0.1, 0.15) is 30.1 Å². The zero-order chi connectivity index (χ0) is 19.9. The molecule has 3 aromatic carbocycles. The number of thiocarbonyl (C=S) groups is 1. The molecule has 144 valence electrons. The van der Waals surface area contributed by atoms with Crippen LogP contribution in [-0.4, -0.2) is 22.7 Å². The molecule has 0 atom stereocenters. The lowest BCUT2D eigenvalue weighted by atomic mass is 10.1. The van der Waals surface area contributed by atoms with Crippen LogP contribution in [0.25, 0.3) is 10.8 Å². The van der Waals surface area contributed by atoms with Crippen molar-refractivity contribution in [1.29, 1.82) is 0 Å². The first kappa shape index (κ1) is 19.6. The van der Waals surface area contributed by atoms with Gasteiger partial charge >= 0.3 is 0 Å². The van der Waals surface area contributed by atoms with Crippen molar-refractivity contribution in [2.75, 3.05) is 11.9 Å². The largest absolute Gasteiger partial charge is 0.507 e. The third kappa shape index (κ3) is 4.78. The van der Waals surface area contributed by atoms with Crippen molar-refractivity contribution in [2.24, 2.45) is 0 Å². The topological polar surface area (TPSA) is 70.6 Å². The number of ether oxygens (including phenoxy) is 1. The van der Waals surface area contributed by atoms with E-state index in [2.05, 4.69) is 17.6 Å². The number of nitrogens with one attached hydrogen (secondary N) is 2. The van der Waals surface area contributed by atoms with Gasteiger partial charge in [0.05, 0.1) is 6.61 Å². The normalized spacial score (nSPS) is 10.5. The molecule has 3 aromatic rings. The standard InChI is InChI=1S/C22H22N2O3S/c1-2-3-13-27-16-8-4-7-15(14-16)21(26)24-22(28)23-19-11-5-10-18-17(19)9-6-12-20(18)25/h4-12,14,25H,2-3,13H2,1H3,(H2,23,24,26,28). The zero-order valence-electron chi connectivity index (χ0n) is 15.6. The second-order valence-electron chi connectivity index (χ2n) is 6.32. The second kappa shape index (κ2) is 9.19. The van der Waals surface area contributed by atoms with Crippen molar-refractivity contribution >= 4 is 39.7 Å². The fourth-order valence-corrected chi connectivity index (χ4v) is 3.00. The number of carbonyl (C=O) groups excluding carboxylic acids is 1. The van der Waals surface area contributed by atoms with Crippen molar-refractivity contribution in [3.8, 4) is 11.5 Å².